The molecule has 0 saturated carbocycles. The molecule has 1 saturated heterocycles. The summed E-state index contributed by atoms with van der Waals surface area (Å²) in [4.78, 5) is 144. The highest BCUT2D eigenvalue weighted by molar-refractivity contribution is 6.01. The van der Waals surface area contributed by atoms with Gasteiger partial charge >= 0.3 is 0 Å². The number of aromatic amines is 1. The minimum absolute atomic E-state index is 0.0290. The van der Waals surface area contributed by atoms with E-state index in [4.69, 9.17) is 0 Å². The molecular formula is C58H102N12O10. The minimum Gasteiger partial charge on any atom is -0.357 e. The smallest absolute Gasteiger partial charge is 0.270 e. The van der Waals surface area contributed by atoms with Crippen molar-refractivity contribution in [2.24, 2.45) is 17.8 Å². The monoisotopic (exact) mass is 1130 g/mol. The van der Waals surface area contributed by atoms with E-state index in [1.54, 1.807) is 18.3 Å². The summed E-state index contributed by atoms with van der Waals surface area (Å²) in [5.41, 5.74) is -4.30. The highest BCUT2D eigenvalue weighted by Gasteiger charge is 2.41. The number of nitrogens with one attached hydrogen (secondary N) is 10. The molecule has 1 aliphatic rings. The van der Waals surface area contributed by atoms with Crippen molar-refractivity contribution in [2.45, 2.75) is 233 Å². The van der Waals surface area contributed by atoms with E-state index in [1.807, 2.05) is 67.5 Å². The van der Waals surface area contributed by atoms with Crippen LogP contribution < -0.4 is 47.9 Å². The van der Waals surface area contributed by atoms with Gasteiger partial charge in [0.05, 0.1) is 0 Å². The molecule has 454 valence electrons. The van der Waals surface area contributed by atoms with Gasteiger partial charge in [0.2, 0.25) is 53.2 Å². The molecule has 2 rings (SSSR count). The van der Waals surface area contributed by atoms with E-state index in [9.17, 15) is 47.9 Å². The maximum atomic E-state index is 14.3. The molecule has 6 atom stereocenters. The van der Waals surface area contributed by atoms with Gasteiger partial charge in [0.15, 0.2) is 0 Å². The van der Waals surface area contributed by atoms with E-state index in [2.05, 4.69) is 59.8 Å². The number of likely N-dealkylation sites (N-methyl/N-ethyl adjacent to an activating group) is 1. The lowest BCUT2D eigenvalue weighted by atomic mass is 9.96. The van der Waals surface area contributed by atoms with Crippen molar-refractivity contribution in [3.63, 3.8) is 0 Å². The molecule has 80 heavy (non-hydrogen) atoms. The Kier molecular flexibility index (Phi) is 28.9. The van der Waals surface area contributed by atoms with Crippen LogP contribution in [0.3, 0.4) is 0 Å². The van der Waals surface area contributed by atoms with E-state index in [1.165, 1.54) is 46.4 Å². The summed E-state index contributed by atoms with van der Waals surface area (Å²) in [5, 5.41) is 25.1. The first-order valence-corrected chi connectivity index (χ1v) is 29.1. The highest BCUT2D eigenvalue weighted by Crippen LogP contribution is 2.22. The van der Waals surface area contributed by atoms with Crippen LogP contribution in [0.2, 0.25) is 0 Å². The standard InChI is InChI=1S/C58H102N12O10/c1-17-18-19-20-21-22-25-40(62-51(76)45-27-24-31-70(45)52(77)41-26-23-29-59-41)47(72)63-43(33-37(4)5)49(74)66-57(11,12)54(79)65-42(32-36(2)3)48(73)64-44(34-38(6)7)50(75)67-58(13,14)55(80)68-56(9,10)53(78)60-30-28-46(71)61-39(8)35-69(15)16/h23,26,29,36-40,42-45,59H,17-22,24-25,27-28,30-35H2,1-16H3,(H,60,78)(H,61,71)(H,62,76)(H,63,72)(H,64,73)(H,65,79)(H,66,74)(H,67,75)(H,68,80)/t39?,40?,42?,43?,44?,45-/m0/s1. The molecule has 10 amide bonds. The Bertz CT molecular complexity index is 2210. The van der Waals surface area contributed by atoms with Crippen LogP contribution in [0.15, 0.2) is 18.3 Å². The number of H-pyrrole nitrogens is 1. The van der Waals surface area contributed by atoms with E-state index in [-0.39, 0.29) is 67.8 Å². The average molecular weight is 1130 g/mol. The van der Waals surface area contributed by atoms with Crippen molar-refractivity contribution in [1.82, 2.24) is 62.6 Å². The number of carbonyl (C=O) groups excluding carboxylic acids is 10. The van der Waals surface area contributed by atoms with Crippen molar-refractivity contribution in [2.75, 3.05) is 33.7 Å². The van der Waals surface area contributed by atoms with Crippen LogP contribution in [0.1, 0.15) is 191 Å². The van der Waals surface area contributed by atoms with E-state index < -0.39 is 94.1 Å². The molecule has 1 fully saturated rings. The number of likely N-dealkylation sites (tertiary alicyclic amines) is 1. The molecule has 0 aromatic carbocycles. The first-order chi connectivity index (χ1) is 37.2. The fraction of sp³-hybridized carbons (Fsp3) is 0.759. The SMILES string of the molecule is CCCCCCCCC(NC(=O)[C@@H]1CCCN1C(=O)c1ccc[nH]1)C(=O)NC(CC(C)C)C(=O)NC(C)(C)C(=O)NC(CC(C)C)C(=O)NC(CC(C)C)C(=O)NC(C)(C)C(=O)NC(C)(C)C(=O)NCCC(=O)NC(C)CN(C)C. The number of hydrogen-bond donors (Lipinski definition) is 10. The van der Waals surface area contributed by atoms with Gasteiger partial charge < -0.3 is 62.6 Å². The number of carbonyl (C=O) groups is 10. The van der Waals surface area contributed by atoms with Gasteiger partial charge in [0, 0.05) is 38.3 Å². The normalized spacial score (nSPS) is 15.8. The van der Waals surface area contributed by atoms with Gasteiger partial charge in [-0.1, -0.05) is 87.0 Å². The second-order valence-electron chi connectivity index (χ2n) is 24.9. The molecule has 10 N–H and O–H groups in total. The lowest BCUT2D eigenvalue weighted by Crippen LogP contribution is -2.65. The number of amides is 10. The van der Waals surface area contributed by atoms with Crippen molar-refractivity contribution in [3.8, 4) is 0 Å². The Morgan fingerprint density at radius 2 is 1.11 bits per heavy atom. The zero-order chi connectivity index (χ0) is 60.7. The third-order valence-electron chi connectivity index (χ3n) is 13.8. The Morgan fingerprint density at radius 3 is 1.62 bits per heavy atom. The minimum atomic E-state index is -1.63. The third kappa shape index (κ3) is 24.3. The number of nitrogens with zero attached hydrogens (tertiary/aromatic N) is 2. The van der Waals surface area contributed by atoms with Gasteiger partial charge in [-0.3, -0.25) is 47.9 Å². The molecule has 22 nitrogen and oxygen atoms in total. The Morgan fingerprint density at radius 1 is 0.613 bits per heavy atom. The molecule has 22 heteroatoms. The predicted molar refractivity (Wildman–Crippen MR) is 309 cm³/mol. The summed E-state index contributed by atoms with van der Waals surface area (Å²) >= 11 is 0. The molecule has 0 radical (unpaired) electrons. The Balaban J connectivity index is 2.23. The number of hydrogen-bond acceptors (Lipinski definition) is 11. The van der Waals surface area contributed by atoms with Gasteiger partial charge in [-0.25, -0.2) is 0 Å². The van der Waals surface area contributed by atoms with Crippen molar-refractivity contribution in [3.05, 3.63) is 24.0 Å². The Hall–Kier alpha value is -6.06. The van der Waals surface area contributed by atoms with Gasteiger partial charge in [-0.2, -0.15) is 0 Å². The summed E-state index contributed by atoms with van der Waals surface area (Å²) in [6.45, 7) is 25.1. The maximum Gasteiger partial charge on any atom is 0.270 e. The maximum absolute atomic E-state index is 14.3. The molecular weight excluding hydrogens is 1020 g/mol. The Labute approximate surface area is 476 Å². The average Bonchev–Trinajstić information content (AvgIpc) is 4.07. The molecule has 1 aliphatic heterocycles. The number of rotatable bonds is 35. The largest absolute Gasteiger partial charge is 0.357 e. The zero-order valence-electron chi connectivity index (χ0n) is 51.2. The molecule has 1 aromatic heterocycles. The molecule has 0 spiro atoms. The van der Waals surface area contributed by atoms with Crippen LogP contribution in [0, 0.1) is 17.8 Å². The molecule has 0 bridgehead atoms. The fourth-order valence-corrected chi connectivity index (χ4v) is 9.41. The lowest BCUT2D eigenvalue weighted by molar-refractivity contribution is -0.139. The topological polar surface area (TPSA) is 301 Å². The van der Waals surface area contributed by atoms with E-state index in [0.29, 0.717) is 44.5 Å². The molecule has 0 aliphatic carbocycles. The van der Waals surface area contributed by atoms with Crippen molar-refractivity contribution in [1.29, 1.82) is 0 Å². The van der Waals surface area contributed by atoms with Gasteiger partial charge in [0.25, 0.3) is 5.91 Å². The number of aromatic nitrogens is 1. The molecule has 2 heterocycles. The first kappa shape index (κ1) is 70.0. The van der Waals surface area contributed by atoms with E-state index >= 15 is 0 Å². The summed E-state index contributed by atoms with van der Waals surface area (Å²) in [6, 6.07) is -1.99. The number of unbranched alkanes of at least 4 members (excludes halogenated alkanes) is 5. The second-order valence-corrected chi connectivity index (χ2v) is 24.9. The predicted octanol–water partition coefficient (Wildman–Crippen LogP) is 3.70. The second kappa shape index (κ2) is 33.0. The first-order valence-electron chi connectivity index (χ1n) is 29.1. The van der Waals surface area contributed by atoms with Gasteiger partial charge in [0.1, 0.15) is 52.5 Å². The van der Waals surface area contributed by atoms with Crippen molar-refractivity contribution >= 4 is 59.1 Å². The van der Waals surface area contributed by atoms with Crippen LogP contribution in [-0.2, 0) is 43.2 Å². The van der Waals surface area contributed by atoms with E-state index in [0.717, 1.165) is 32.1 Å². The molecule has 5 unspecified atom stereocenters. The van der Waals surface area contributed by atoms with Crippen LogP contribution in [-0.4, -0.2) is 160 Å². The van der Waals surface area contributed by atoms with Gasteiger partial charge in [-0.05, 0) is 131 Å². The van der Waals surface area contributed by atoms with Crippen LogP contribution in [0.4, 0.5) is 0 Å². The zero-order valence-corrected chi connectivity index (χ0v) is 51.2. The van der Waals surface area contributed by atoms with Crippen LogP contribution >= 0.6 is 0 Å². The summed E-state index contributed by atoms with van der Waals surface area (Å²) in [6.07, 6.45) is 9.16. The van der Waals surface area contributed by atoms with Crippen LogP contribution in [0.25, 0.3) is 0 Å². The lowest BCUT2D eigenvalue weighted by Gasteiger charge is -2.34. The summed E-state index contributed by atoms with van der Waals surface area (Å²) < 4.78 is 0. The molecule has 1 aromatic rings. The van der Waals surface area contributed by atoms with Crippen LogP contribution in [0.5, 0.6) is 0 Å². The fourth-order valence-electron chi connectivity index (χ4n) is 9.41. The quantitative estimate of drug-likeness (QED) is 0.0437. The van der Waals surface area contributed by atoms with Crippen molar-refractivity contribution < 1.29 is 47.9 Å². The summed E-state index contributed by atoms with van der Waals surface area (Å²) in [7, 11) is 3.79. The van der Waals surface area contributed by atoms with Gasteiger partial charge in [-0.15, -0.1) is 0 Å². The third-order valence-corrected chi connectivity index (χ3v) is 13.8. The summed E-state index contributed by atoms with van der Waals surface area (Å²) in [5.74, 6) is -5.84. The highest BCUT2D eigenvalue weighted by atomic mass is 16.2.